The molecule has 7 nitrogen and oxygen atoms in total. The molecule has 2 atom stereocenters. The minimum Gasteiger partial charge on any atom is -0.480 e. The van der Waals surface area contributed by atoms with Crippen LogP contribution in [0.15, 0.2) is 53.1 Å². The number of hydrogen-bond acceptors (Lipinski definition) is 4. The monoisotopic (exact) mass is 459 g/mol. The van der Waals surface area contributed by atoms with Gasteiger partial charge in [0, 0.05) is 34.5 Å². The average Bonchev–Trinajstić information content (AvgIpc) is 3.09. The molecule has 152 valence electrons. The highest BCUT2D eigenvalue weighted by Crippen LogP contribution is 2.23. The molecule has 0 aliphatic carbocycles. The molecule has 0 bridgehead atoms. The Morgan fingerprint density at radius 3 is 2.59 bits per heavy atom. The molecule has 4 rings (SSSR count). The Bertz CT molecular complexity index is 1030. The van der Waals surface area contributed by atoms with Crippen LogP contribution in [0.4, 0.5) is 0 Å². The number of carboxylic acids is 2. The molecular formula is C21H22BrN3O4. The van der Waals surface area contributed by atoms with Crippen molar-refractivity contribution in [2.75, 3.05) is 0 Å². The van der Waals surface area contributed by atoms with E-state index in [1.165, 1.54) is 5.56 Å². The molecule has 0 spiro atoms. The van der Waals surface area contributed by atoms with Crippen LogP contribution in [0.25, 0.3) is 10.9 Å². The lowest BCUT2D eigenvalue weighted by molar-refractivity contribution is -0.140. The van der Waals surface area contributed by atoms with Gasteiger partial charge in [-0.2, -0.15) is 0 Å². The zero-order valence-corrected chi connectivity index (χ0v) is 17.1. The highest BCUT2D eigenvalue weighted by molar-refractivity contribution is 9.10. The van der Waals surface area contributed by atoms with Gasteiger partial charge in [-0.05, 0) is 41.3 Å². The van der Waals surface area contributed by atoms with Gasteiger partial charge in [0.05, 0.1) is 0 Å². The van der Waals surface area contributed by atoms with Crippen LogP contribution in [0.5, 0.6) is 0 Å². The molecule has 6 N–H and O–H groups in total. The van der Waals surface area contributed by atoms with Crippen molar-refractivity contribution in [3.8, 4) is 0 Å². The summed E-state index contributed by atoms with van der Waals surface area (Å²) in [6.45, 7) is 0.660. The number of benzene rings is 2. The van der Waals surface area contributed by atoms with Crippen LogP contribution in [0.2, 0.25) is 0 Å². The topological polar surface area (TPSA) is 128 Å². The number of nitrogens with one attached hydrogen (secondary N) is 2. The third-order valence-corrected chi connectivity index (χ3v) is 5.36. The Kier molecular flexibility index (Phi) is 6.68. The van der Waals surface area contributed by atoms with Gasteiger partial charge in [0.15, 0.2) is 0 Å². The number of fused-ring (bicyclic) bond motifs is 2. The zero-order chi connectivity index (χ0) is 21.0. The fraction of sp³-hybridized carbons (Fsp3) is 0.238. The van der Waals surface area contributed by atoms with Gasteiger partial charge >= 0.3 is 11.9 Å². The Morgan fingerprint density at radius 1 is 1.17 bits per heavy atom. The second-order valence-corrected chi connectivity index (χ2v) is 7.81. The predicted molar refractivity (Wildman–Crippen MR) is 114 cm³/mol. The van der Waals surface area contributed by atoms with Crippen molar-refractivity contribution in [1.29, 1.82) is 0 Å². The fourth-order valence-electron chi connectivity index (χ4n) is 3.27. The molecule has 1 aliphatic heterocycles. The van der Waals surface area contributed by atoms with Gasteiger partial charge in [-0.1, -0.05) is 40.2 Å². The number of aliphatic carboxylic acids is 2. The molecule has 0 saturated carbocycles. The van der Waals surface area contributed by atoms with E-state index in [1.54, 1.807) is 6.20 Å². The fourth-order valence-corrected chi connectivity index (χ4v) is 3.63. The first kappa shape index (κ1) is 21.0. The molecule has 2 aromatic carbocycles. The van der Waals surface area contributed by atoms with E-state index < -0.39 is 24.0 Å². The van der Waals surface area contributed by atoms with Crippen LogP contribution in [0.3, 0.4) is 0 Å². The molecular weight excluding hydrogens is 438 g/mol. The summed E-state index contributed by atoms with van der Waals surface area (Å²) in [7, 11) is 0. The molecule has 8 heteroatoms. The lowest BCUT2D eigenvalue weighted by Gasteiger charge is -2.22. The minimum atomic E-state index is -0.982. The first-order valence-electron chi connectivity index (χ1n) is 9.12. The number of carbonyl (C=O) groups is 2. The molecule has 0 fully saturated rings. The van der Waals surface area contributed by atoms with Crippen molar-refractivity contribution in [2.24, 2.45) is 5.73 Å². The lowest BCUT2D eigenvalue weighted by Crippen LogP contribution is -2.41. The summed E-state index contributed by atoms with van der Waals surface area (Å²) in [6, 6.07) is 12.5. The molecule has 2 heterocycles. The third-order valence-electron chi connectivity index (χ3n) is 4.87. The highest BCUT2D eigenvalue weighted by atomic mass is 79.9. The number of aromatic amines is 1. The van der Waals surface area contributed by atoms with Crippen LogP contribution in [-0.2, 0) is 29.0 Å². The lowest BCUT2D eigenvalue weighted by atomic mass is 9.96. The molecule has 29 heavy (non-hydrogen) atoms. The van der Waals surface area contributed by atoms with Crippen molar-refractivity contribution in [1.82, 2.24) is 10.3 Å². The van der Waals surface area contributed by atoms with E-state index in [1.807, 2.05) is 42.5 Å². The summed E-state index contributed by atoms with van der Waals surface area (Å²) in [5.41, 5.74) is 9.77. The maximum absolute atomic E-state index is 10.7. The Labute approximate surface area is 176 Å². The largest absolute Gasteiger partial charge is 0.480 e. The predicted octanol–water partition coefficient (Wildman–Crippen LogP) is 2.67. The van der Waals surface area contributed by atoms with Crippen molar-refractivity contribution in [2.45, 2.75) is 31.5 Å². The second kappa shape index (κ2) is 9.21. The molecule has 3 aromatic rings. The van der Waals surface area contributed by atoms with Gasteiger partial charge in [0.2, 0.25) is 0 Å². The van der Waals surface area contributed by atoms with E-state index >= 15 is 0 Å². The van der Waals surface area contributed by atoms with Gasteiger partial charge < -0.3 is 26.2 Å². The number of aromatic nitrogens is 1. The van der Waals surface area contributed by atoms with Gasteiger partial charge in [-0.15, -0.1) is 0 Å². The van der Waals surface area contributed by atoms with E-state index in [0.29, 0.717) is 19.4 Å². The number of rotatable bonds is 4. The SMILES string of the molecule is NC(Cc1c[nH]c2ccc(Br)cc12)C(=O)O.O=C(O)[C@@H]1Cc2ccccc2CN1. The minimum absolute atomic E-state index is 0.325. The number of nitrogens with two attached hydrogens (primary N) is 1. The average molecular weight is 460 g/mol. The zero-order valence-electron chi connectivity index (χ0n) is 15.6. The van der Waals surface area contributed by atoms with Crippen molar-refractivity contribution in [3.05, 3.63) is 69.8 Å². The van der Waals surface area contributed by atoms with E-state index in [2.05, 4.69) is 26.2 Å². The van der Waals surface area contributed by atoms with Gasteiger partial charge in [-0.25, -0.2) is 0 Å². The first-order valence-corrected chi connectivity index (χ1v) is 9.91. The standard InChI is InChI=1S/C11H11BrN2O2.C10H11NO2/c12-7-1-2-10-8(4-7)6(5-14-10)3-9(13)11(15)16;12-10(13)9-5-7-3-1-2-4-8(7)6-11-9/h1-2,4-5,9,14H,3,13H2,(H,15,16);1-4,9,11H,5-6H2,(H,12,13)/t;9-/m.0/s1. The summed E-state index contributed by atoms with van der Waals surface area (Å²) >= 11 is 3.38. The van der Waals surface area contributed by atoms with Crippen molar-refractivity contribution < 1.29 is 19.8 Å². The Balaban J connectivity index is 0.000000169. The molecule has 1 aromatic heterocycles. The summed E-state index contributed by atoms with van der Waals surface area (Å²) in [4.78, 5) is 24.5. The van der Waals surface area contributed by atoms with Gasteiger partial charge in [0.1, 0.15) is 12.1 Å². The second-order valence-electron chi connectivity index (χ2n) is 6.90. The molecule has 0 saturated heterocycles. The van der Waals surface area contributed by atoms with Crippen LogP contribution < -0.4 is 11.1 Å². The van der Waals surface area contributed by atoms with Gasteiger partial charge in [-0.3, -0.25) is 9.59 Å². The molecule has 1 aliphatic rings. The normalized spacial score (nSPS) is 16.4. The smallest absolute Gasteiger partial charge is 0.321 e. The van der Waals surface area contributed by atoms with Gasteiger partial charge in [0.25, 0.3) is 0 Å². The number of hydrogen-bond donors (Lipinski definition) is 5. The number of H-pyrrole nitrogens is 1. The van der Waals surface area contributed by atoms with Crippen LogP contribution in [-0.4, -0.2) is 39.2 Å². The molecule has 0 radical (unpaired) electrons. The third kappa shape index (κ3) is 5.23. The summed E-state index contributed by atoms with van der Waals surface area (Å²) < 4.78 is 0.963. The quantitative estimate of drug-likeness (QED) is 0.407. The molecule has 0 amide bonds. The van der Waals surface area contributed by atoms with E-state index in [0.717, 1.165) is 26.5 Å². The van der Waals surface area contributed by atoms with Crippen LogP contribution >= 0.6 is 15.9 Å². The summed E-state index contributed by atoms with van der Waals surface area (Å²) in [5, 5.41) is 21.5. The van der Waals surface area contributed by atoms with E-state index in [4.69, 9.17) is 15.9 Å². The van der Waals surface area contributed by atoms with E-state index in [-0.39, 0.29) is 0 Å². The highest BCUT2D eigenvalue weighted by Gasteiger charge is 2.22. The first-order chi connectivity index (χ1) is 13.8. The van der Waals surface area contributed by atoms with Crippen molar-refractivity contribution in [3.63, 3.8) is 0 Å². The number of halogens is 1. The van der Waals surface area contributed by atoms with Crippen LogP contribution in [0, 0.1) is 0 Å². The van der Waals surface area contributed by atoms with Crippen molar-refractivity contribution >= 4 is 38.8 Å². The van der Waals surface area contributed by atoms with E-state index in [9.17, 15) is 9.59 Å². The Morgan fingerprint density at radius 2 is 1.90 bits per heavy atom. The molecule has 1 unspecified atom stereocenters. The maximum Gasteiger partial charge on any atom is 0.321 e. The summed E-state index contributed by atoms with van der Waals surface area (Å²) in [5.74, 6) is -1.75. The number of carboxylic acid groups (broad SMARTS) is 2. The Hall–Kier alpha value is -2.68. The summed E-state index contributed by atoms with van der Waals surface area (Å²) in [6.07, 6.45) is 2.72. The maximum atomic E-state index is 10.7. The van der Waals surface area contributed by atoms with Crippen LogP contribution in [0.1, 0.15) is 16.7 Å².